The first kappa shape index (κ1) is 26.6. The van der Waals surface area contributed by atoms with Gasteiger partial charge in [0.1, 0.15) is 4.71 Å². The van der Waals surface area contributed by atoms with E-state index in [1.807, 2.05) is 11.8 Å². The summed E-state index contributed by atoms with van der Waals surface area (Å²) in [5.41, 5.74) is 1.44. The maximum absolute atomic E-state index is 2.63. The molecule has 3 nitrogen and oxygen atoms in total. The Morgan fingerprint density at radius 2 is 1.50 bits per heavy atom. The summed E-state index contributed by atoms with van der Waals surface area (Å²) in [7, 11) is 13.7. The Morgan fingerprint density at radius 3 is 2.12 bits per heavy atom. The third kappa shape index (κ3) is 9.20. The van der Waals surface area contributed by atoms with Crippen LogP contribution in [0.3, 0.4) is 0 Å². The Morgan fingerprint density at radius 1 is 0.923 bits per heavy atom. The molecule has 2 rings (SSSR count). The topological polar surface area (TPSA) is 3.24 Å². The Labute approximate surface area is 190 Å². The molecular weight excluding hydrogens is 494 g/mol. The number of quaternary nitrogens is 2. The smallest absolute Gasteiger partial charge is 0.127 e. The van der Waals surface area contributed by atoms with Crippen LogP contribution in [0.5, 0.6) is 0 Å². The molecule has 1 unspecified atom stereocenters. The molecule has 152 valence electrons. The van der Waals surface area contributed by atoms with Crippen LogP contribution >= 0.6 is 23.5 Å². The molecule has 0 saturated heterocycles. The Kier molecular flexibility index (Phi) is 11.8. The van der Waals surface area contributed by atoms with Crippen molar-refractivity contribution in [2.24, 2.45) is 0 Å². The van der Waals surface area contributed by atoms with Gasteiger partial charge in [-0.15, -0.1) is 11.8 Å². The zero-order chi connectivity index (χ0) is 17.8. The van der Waals surface area contributed by atoms with E-state index in [-0.39, 0.29) is 34.0 Å². The van der Waals surface area contributed by atoms with Crippen LogP contribution in [0.25, 0.3) is 0 Å². The van der Waals surface area contributed by atoms with Crippen LogP contribution in [-0.4, -0.2) is 81.3 Å². The van der Waals surface area contributed by atoms with E-state index in [2.05, 4.69) is 83.2 Å². The zero-order valence-electron chi connectivity index (χ0n) is 17.0. The fourth-order valence-corrected chi connectivity index (χ4v) is 5.66. The van der Waals surface area contributed by atoms with Crippen LogP contribution in [-0.2, 0) is 0 Å². The molecule has 0 fully saturated rings. The average Bonchev–Trinajstić information content (AvgIpc) is 2.80. The fraction of sp³-hybridized carbons (Fsp3) is 0.684. The second kappa shape index (κ2) is 11.6. The summed E-state index contributed by atoms with van der Waals surface area (Å²) in [4.78, 5) is 4.08. The van der Waals surface area contributed by atoms with E-state index in [1.54, 1.807) is 0 Å². The molecule has 0 aliphatic carbocycles. The zero-order valence-corrected chi connectivity index (χ0v) is 21.8. The van der Waals surface area contributed by atoms with E-state index in [1.165, 1.54) is 42.3 Å². The third-order valence-electron chi connectivity index (χ3n) is 4.12. The number of thioether (sulfide) groups is 2. The normalized spacial score (nSPS) is 16.7. The van der Waals surface area contributed by atoms with Crippen molar-refractivity contribution in [3.05, 3.63) is 24.3 Å². The number of para-hydroxylation sites is 1. The second-order valence-corrected chi connectivity index (χ2v) is 11.3. The van der Waals surface area contributed by atoms with E-state index in [9.17, 15) is 0 Å². The van der Waals surface area contributed by atoms with E-state index in [0.717, 1.165) is 15.5 Å². The molecule has 1 aromatic carbocycles. The molecule has 1 heterocycles. The summed E-state index contributed by atoms with van der Waals surface area (Å²) in [6.07, 6.45) is 2.53. The fourth-order valence-electron chi connectivity index (χ4n) is 2.87. The lowest BCUT2D eigenvalue weighted by atomic mass is 10.2. The van der Waals surface area contributed by atoms with E-state index in [4.69, 9.17) is 0 Å². The molecule has 0 bridgehead atoms. The lowest BCUT2D eigenvalue weighted by Gasteiger charge is -2.29. The van der Waals surface area contributed by atoms with Gasteiger partial charge in [-0.1, -0.05) is 23.9 Å². The van der Waals surface area contributed by atoms with Gasteiger partial charge in [-0.3, -0.25) is 0 Å². The molecule has 0 N–H and O–H groups in total. The first-order valence-corrected chi connectivity index (χ1v) is 10.8. The number of anilines is 1. The van der Waals surface area contributed by atoms with Crippen LogP contribution in [0.1, 0.15) is 12.8 Å². The largest absolute Gasteiger partial charge is 1.00 e. The quantitative estimate of drug-likeness (QED) is 0.265. The van der Waals surface area contributed by atoms with Gasteiger partial charge in [0.15, 0.2) is 0 Å². The lowest BCUT2D eigenvalue weighted by molar-refractivity contribution is -0.870. The molecule has 1 aromatic rings. The van der Waals surface area contributed by atoms with Crippen molar-refractivity contribution < 1.29 is 42.9 Å². The maximum Gasteiger partial charge on any atom is 0.127 e. The number of fused-ring (bicyclic) bond motifs is 1. The van der Waals surface area contributed by atoms with E-state index in [0.29, 0.717) is 4.71 Å². The van der Waals surface area contributed by atoms with Gasteiger partial charge in [-0.2, -0.15) is 0 Å². The first-order chi connectivity index (χ1) is 11.2. The van der Waals surface area contributed by atoms with Gasteiger partial charge in [-0.05, 0) is 12.1 Å². The predicted octanol–water partition coefficient (Wildman–Crippen LogP) is -2.18. The van der Waals surface area contributed by atoms with Crippen molar-refractivity contribution in [1.82, 2.24) is 0 Å². The van der Waals surface area contributed by atoms with Gasteiger partial charge in [0.05, 0.1) is 61.1 Å². The van der Waals surface area contributed by atoms with Gasteiger partial charge >= 0.3 is 0 Å². The minimum atomic E-state index is 0. The molecule has 1 aliphatic heterocycles. The minimum Gasteiger partial charge on any atom is -1.00 e. The summed E-state index contributed by atoms with van der Waals surface area (Å²) in [6, 6.07) is 8.91. The van der Waals surface area contributed by atoms with Gasteiger partial charge < -0.3 is 47.8 Å². The standard InChI is InChI=1S/C19H35N3S2.2BrH/c1-21(2,3)14-9-13-20-17-11-7-8-12-18(17)24-19(20)23-16-10-15-22(4,5)6;;/h7-8,11-12,19H,9-10,13-16H2,1-6H3;2*1H/q+2;;/p-2. The van der Waals surface area contributed by atoms with Crippen LogP contribution in [0.4, 0.5) is 5.69 Å². The minimum absolute atomic E-state index is 0. The summed E-state index contributed by atoms with van der Waals surface area (Å²) in [5, 5.41) is 0. The summed E-state index contributed by atoms with van der Waals surface area (Å²) >= 11 is 4.16. The van der Waals surface area contributed by atoms with Crippen molar-refractivity contribution in [2.75, 3.05) is 72.6 Å². The van der Waals surface area contributed by atoms with Crippen molar-refractivity contribution in [3.8, 4) is 0 Å². The molecular formula is C19H35Br2N3S2. The van der Waals surface area contributed by atoms with Crippen LogP contribution < -0.4 is 38.9 Å². The highest BCUT2D eigenvalue weighted by atomic mass is 79.9. The molecule has 26 heavy (non-hydrogen) atoms. The summed E-state index contributed by atoms with van der Waals surface area (Å²) < 4.78 is 2.65. The van der Waals surface area contributed by atoms with Gasteiger partial charge in [0.2, 0.25) is 0 Å². The molecule has 0 amide bonds. The van der Waals surface area contributed by atoms with Gasteiger partial charge in [-0.25, -0.2) is 0 Å². The lowest BCUT2D eigenvalue weighted by Crippen LogP contribution is -3.00. The van der Waals surface area contributed by atoms with Crippen LogP contribution in [0, 0.1) is 0 Å². The Balaban J connectivity index is 0.00000312. The van der Waals surface area contributed by atoms with Crippen LogP contribution in [0.15, 0.2) is 29.2 Å². The number of nitrogens with zero attached hydrogens (tertiary/aromatic N) is 3. The highest BCUT2D eigenvalue weighted by molar-refractivity contribution is 8.17. The molecule has 1 aliphatic rings. The molecule has 7 heteroatoms. The van der Waals surface area contributed by atoms with Crippen LogP contribution in [0.2, 0.25) is 0 Å². The number of halogens is 2. The van der Waals surface area contributed by atoms with Crippen molar-refractivity contribution in [1.29, 1.82) is 0 Å². The van der Waals surface area contributed by atoms with Crippen molar-refractivity contribution in [2.45, 2.75) is 22.4 Å². The third-order valence-corrected chi connectivity index (χ3v) is 6.93. The molecule has 0 radical (unpaired) electrons. The maximum atomic E-state index is 2.63. The van der Waals surface area contributed by atoms with E-state index < -0.39 is 0 Å². The van der Waals surface area contributed by atoms with E-state index >= 15 is 0 Å². The molecule has 0 spiro atoms. The highest BCUT2D eigenvalue weighted by Crippen LogP contribution is 2.47. The SMILES string of the molecule is C[N+](C)(C)CCCSC1Sc2ccccc2N1CCC[N+](C)(C)C.[Br-].[Br-]. The van der Waals surface area contributed by atoms with Crippen molar-refractivity contribution >= 4 is 29.2 Å². The summed E-state index contributed by atoms with van der Waals surface area (Å²) in [5.74, 6) is 1.24. The molecule has 0 aromatic heterocycles. The predicted molar refractivity (Wildman–Crippen MR) is 111 cm³/mol. The van der Waals surface area contributed by atoms with Gasteiger partial charge in [0, 0.05) is 30.0 Å². The Bertz CT molecular complexity index is 530. The number of benzene rings is 1. The number of rotatable bonds is 9. The monoisotopic (exact) mass is 527 g/mol. The second-order valence-electron chi connectivity index (χ2n) is 8.69. The highest BCUT2D eigenvalue weighted by Gasteiger charge is 2.30. The van der Waals surface area contributed by atoms with Gasteiger partial charge in [0.25, 0.3) is 0 Å². The van der Waals surface area contributed by atoms with Crippen molar-refractivity contribution in [3.63, 3.8) is 0 Å². The summed E-state index contributed by atoms with van der Waals surface area (Å²) in [6.45, 7) is 3.63. The molecule has 0 saturated carbocycles. The Hall–Kier alpha value is 0.600. The number of hydrogen-bond acceptors (Lipinski definition) is 3. The first-order valence-electron chi connectivity index (χ1n) is 8.91. The molecule has 1 atom stereocenters. The average molecular weight is 529 g/mol. The number of hydrogen-bond donors (Lipinski definition) is 0.